The van der Waals surface area contributed by atoms with E-state index < -0.39 is 35.8 Å². The normalized spacial score (nSPS) is 10.3. The molecule has 0 atom stereocenters. The van der Waals surface area contributed by atoms with Crippen LogP contribution in [0.2, 0.25) is 0 Å². The highest BCUT2D eigenvalue weighted by Crippen LogP contribution is 2.39. The molecule has 0 fully saturated rings. The van der Waals surface area contributed by atoms with E-state index in [0.29, 0.717) is 10.7 Å². The number of benzene rings is 1. The summed E-state index contributed by atoms with van der Waals surface area (Å²) in [5.74, 6) is -3.99. The quantitative estimate of drug-likeness (QED) is 0.178. The van der Waals surface area contributed by atoms with E-state index in [9.17, 15) is 24.0 Å². The number of esters is 3. The molecule has 0 unspecified atom stereocenters. The highest BCUT2D eigenvalue weighted by molar-refractivity contribution is 14.1. The lowest BCUT2D eigenvalue weighted by Crippen LogP contribution is -2.38. The minimum atomic E-state index is -1.92. The van der Waals surface area contributed by atoms with Gasteiger partial charge in [-0.05, 0) is 81.6 Å². The van der Waals surface area contributed by atoms with Gasteiger partial charge in [0, 0.05) is 13.8 Å². The number of amides is 2. The lowest BCUT2D eigenvalue weighted by atomic mass is 10.1. The minimum absolute atomic E-state index is 0.0375. The van der Waals surface area contributed by atoms with Crippen LogP contribution in [0.15, 0.2) is 0 Å². The van der Waals surface area contributed by atoms with E-state index in [1.807, 2.05) is 67.8 Å². The monoisotopic (exact) mass is 772 g/mol. The van der Waals surface area contributed by atoms with Crippen molar-refractivity contribution >= 4 is 109 Å². The topological polar surface area (TPSA) is 137 Å². The van der Waals surface area contributed by atoms with Crippen molar-refractivity contribution in [3.63, 3.8) is 0 Å². The molecule has 1 aromatic carbocycles. The van der Waals surface area contributed by atoms with Gasteiger partial charge in [0.2, 0.25) is 11.8 Å². The Labute approximate surface area is 219 Å². The maximum Gasteiger partial charge on any atom is 0.359 e. The summed E-state index contributed by atoms with van der Waals surface area (Å²) in [5, 5.41) is 5.23. The second-order valence-corrected chi connectivity index (χ2v) is 8.96. The number of carbonyl (C=O) groups is 5. The van der Waals surface area contributed by atoms with Crippen LogP contribution in [0.3, 0.4) is 0 Å². The van der Waals surface area contributed by atoms with Gasteiger partial charge >= 0.3 is 17.9 Å². The van der Waals surface area contributed by atoms with Crippen molar-refractivity contribution in [2.24, 2.45) is 0 Å². The first kappa shape index (κ1) is 27.8. The molecule has 2 amide bonds. The van der Waals surface area contributed by atoms with Crippen LogP contribution in [0.25, 0.3) is 0 Å². The van der Waals surface area contributed by atoms with E-state index in [1.54, 1.807) is 0 Å². The molecule has 0 aliphatic heterocycles. The van der Waals surface area contributed by atoms with Gasteiger partial charge in [-0.3, -0.25) is 9.59 Å². The minimum Gasteiger partial charge on any atom is -0.463 e. The van der Waals surface area contributed by atoms with Crippen molar-refractivity contribution in [1.82, 2.24) is 0 Å². The fourth-order valence-corrected chi connectivity index (χ4v) is 6.36. The summed E-state index contributed by atoms with van der Waals surface area (Å²) in [6.07, 6.45) is -1.92. The average Bonchev–Trinajstić information content (AvgIpc) is 2.66. The van der Waals surface area contributed by atoms with Crippen molar-refractivity contribution in [2.45, 2.75) is 33.8 Å². The Morgan fingerprint density at radius 2 is 1.16 bits per heavy atom. The summed E-state index contributed by atoms with van der Waals surface area (Å²) in [7, 11) is 0. The molecule has 0 aliphatic carbocycles. The molecule has 0 spiro atoms. The first-order valence-electron chi connectivity index (χ1n) is 8.75. The second kappa shape index (κ2) is 12.7. The van der Waals surface area contributed by atoms with Gasteiger partial charge < -0.3 is 24.8 Å². The summed E-state index contributed by atoms with van der Waals surface area (Å²) in [6.45, 7) is 5.57. The molecular weight excluding hydrogens is 753 g/mol. The van der Waals surface area contributed by atoms with E-state index in [1.165, 1.54) is 27.7 Å². The van der Waals surface area contributed by atoms with E-state index in [4.69, 9.17) is 14.2 Å². The number of hydrogen-bond acceptors (Lipinski definition) is 8. The number of nitrogens with one attached hydrogen (secondary N) is 2. The van der Waals surface area contributed by atoms with Crippen molar-refractivity contribution in [1.29, 1.82) is 0 Å². The number of halogens is 3. The molecule has 1 rings (SSSR count). The van der Waals surface area contributed by atoms with Gasteiger partial charge in [-0.25, -0.2) is 14.4 Å². The molecule has 1 aromatic rings. The average molecular weight is 772 g/mol. The second-order valence-electron chi connectivity index (χ2n) is 5.72. The van der Waals surface area contributed by atoms with Gasteiger partial charge in [-0.2, -0.15) is 0 Å². The van der Waals surface area contributed by atoms with Crippen molar-refractivity contribution in [2.75, 3.05) is 23.8 Å². The van der Waals surface area contributed by atoms with Gasteiger partial charge in [0.15, 0.2) is 0 Å². The molecule has 0 saturated heterocycles. The van der Waals surface area contributed by atoms with Crippen LogP contribution in [-0.2, 0) is 33.4 Å². The highest BCUT2D eigenvalue weighted by atomic mass is 127. The largest absolute Gasteiger partial charge is 0.463 e. The predicted molar refractivity (Wildman–Crippen MR) is 136 cm³/mol. The summed E-state index contributed by atoms with van der Waals surface area (Å²) in [5.41, 5.74) is 0.495. The fraction of sp³-hybridized carbons (Fsp3) is 0.389. The Kier molecular flexibility index (Phi) is 11.4. The van der Waals surface area contributed by atoms with Crippen LogP contribution < -0.4 is 10.6 Å². The third kappa shape index (κ3) is 7.40. The summed E-state index contributed by atoms with van der Waals surface area (Å²) >= 11 is 5.60. The maximum atomic E-state index is 13.0. The Balaban J connectivity index is 3.57. The molecule has 170 valence electrons. The summed E-state index contributed by atoms with van der Waals surface area (Å²) in [4.78, 5) is 60.7. The number of hydrogen-bond donors (Lipinski definition) is 2. The smallest absolute Gasteiger partial charge is 0.359 e. The molecular formula is C18H19I3N2O8. The lowest BCUT2D eigenvalue weighted by Gasteiger charge is -2.20. The van der Waals surface area contributed by atoms with Gasteiger partial charge in [0.1, 0.15) is 0 Å². The third-order valence-corrected chi connectivity index (χ3v) is 6.59. The predicted octanol–water partition coefficient (Wildman–Crippen LogP) is 3.07. The van der Waals surface area contributed by atoms with Crippen LogP contribution in [0.5, 0.6) is 0 Å². The zero-order valence-electron chi connectivity index (χ0n) is 16.9. The molecule has 0 saturated carbocycles. The highest BCUT2D eigenvalue weighted by Gasteiger charge is 2.36. The number of anilines is 2. The number of rotatable bonds is 8. The Morgan fingerprint density at radius 1 is 0.774 bits per heavy atom. The molecule has 0 bridgehead atoms. The standard InChI is InChI=1S/C18H19I3N2O8/c1-5-29-17(27)15(18(28)30-6-2)31-16(26)9-10(19)13(22-7(3)24)12(21)14(11(9)20)23-8(4)25/h15H,5-6H2,1-4H3,(H,22,24)(H,23,25). The van der Waals surface area contributed by atoms with Crippen molar-refractivity contribution < 1.29 is 38.2 Å². The van der Waals surface area contributed by atoms with Crippen LogP contribution in [0.1, 0.15) is 38.1 Å². The van der Waals surface area contributed by atoms with Gasteiger partial charge in [0.25, 0.3) is 6.10 Å². The van der Waals surface area contributed by atoms with Gasteiger partial charge in [-0.1, -0.05) is 0 Å². The van der Waals surface area contributed by atoms with E-state index in [2.05, 4.69) is 10.6 Å². The van der Waals surface area contributed by atoms with Crippen molar-refractivity contribution in [3.8, 4) is 0 Å². The molecule has 0 aliphatic rings. The fourth-order valence-electron chi connectivity index (χ4n) is 2.21. The summed E-state index contributed by atoms with van der Waals surface area (Å²) < 4.78 is 15.9. The third-order valence-electron chi connectivity index (χ3n) is 3.35. The Hall–Kier alpha value is -1.24. The number of carbonyl (C=O) groups excluding carboxylic acids is 5. The molecule has 0 aromatic heterocycles. The summed E-state index contributed by atoms with van der Waals surface area (Å²) in [6, 6.07) is 0. The zero-order chi connectivity index (χ0) is 23.9. The van der Waals surface area contributed by atoms with Crippen LogP contribution in [-0.4, -0.2) is 49.0 Å². The maximum absolute atomic E-state index is 13.0. The number of ether oxygens (including phenoxy) is 3. The first-order valence-corrected chi connectivity index (χ1v) is 12.0. The SMILES string of the molecule is CCOC(=O)C(OC(=O)c1c(I)c(NC(C)=O)c(I)c(NC(C)=O)c1I)C(=O)OCC. The van der Waals surface area contributed by atoms with E-state index in [-0.39, 0.29) is 30.2 Å². The molecule has 0 radical (unpaired) electrons. The molecule has 13 heteroatoms. The molecule has 0 heterocycles. The van der Waals surface area contributed by atoms with Crippen molar-refractivity contribution in [3.05, 3.63) is 16.3 Å². The Morgan fingerprint density at radius 3 is 1.48 bits per heavy atom. The first-order chi connectivity index (χ1) is 14.5. The van der Waals surface area contributed by atoms with Crippen LogP contribution >= 0.6 is 67.8 Å². The molecule has 31 heavy (non-hydrogen) atoms. The van der Waals surface area contributed by atoms with E-state index in [0.717, 1.165) is 0 Å². The van der Waals surface area contributed by atoms with Crippen LogP contribution in [0, 0.1) is 10.7 Å². The van der Waals surface area contributed by atoms with Gasteiger partial charge in [0.05, 0.1) is 40.9 Å². The molecule has 10 nitrogen and oxygen atoms in total. The van der Waals surface area contributed by atoms with Crippen LogP contribution in [0.4, 0.5) is 11.4 Å². The van der Waals surface area contributed by atoms with Gasteiger partial charge in [-0.15, -0.1) is 0 Å². The lowest BCUT2D eigenvalue weighted by molar-refractivity contribution is -0.168. The molecule has 2 N–H and O–H groups in total. The Bertz CT molecular complexity index is 859. The van der Waals surface area contributed by atoms with E-state index >= 15 is 0 Å². The zero-order valence-corrected chi connectivity index (χ0v) is 23.4.